The molecule has 1 amide bonds. The number of nitrogens with zero attached hydrogens (tertiary/aromatic N) is 1. The molecule has 0 fully saturated rings. The third-order valence-electron chi connectivity index (χ3n) is 5.27. The molecule has 34 heavy (non-hydrogen) atoms. The number of hydrogen-bond acceptors (Lipinski definition) is 5. The largest absolute Gasteiger partial charge is 0.412 e. The highest BCUT2D eigenvalue weighted by Gasteiger charge is 2.22. The van der Waals surface area contributed by atoms with Gasteiger partial charge in [0.05, 0.1) is 5.69 Å². The summed E-state index contributed by atoms with van der Waals surface area (Å²) in [5.41, 5.74) is 18.2. The molecule has 0 aliphatic carbocycles. The van der Waals surface area contributed by atoms with Crippen LogP contribution in [0.4, 0.5) is 4.79 Å². The number of hydrogen-bond donors (Lipinski definition) is 3. The van der Waals surface area contributed by atoms with Gasteiger partial charge in [-0.1, -0.05) is 68.4 Å². The second kappa shape index (κ2) is 13.9. The number of aromatic nitrogens is 1. The van der Waals surface area contributed by atoms with E-state index in [9.17, 15) is 4.79 Å². The van der Waals surface area contributed by atoms with Gasteiger partial charge in [0.25, 0.3) is 0 Å². The molecule has 3 aromatic rings. The predicted molar refractivity (Wildman–Crippen MR) is 143 cm³/mol. The average Bonchev–Trinajstić information content (AvgIpc) is 2.79. The Morgan fingerprint density at radius 3 is 2.18 bits per heavy atom. The molecule has 8 heteroatoms. The Labute approximate surface area is 214 Å². The smallest absolute Gasteiger partial charge is 0.408 e. The van der Waals surface area contributed by atoms with E-state index in [1.54, 1.807) is 0 Å². The molecule has 0 saturated carbocycles. The van der Waals surface area contributed by atoms with E-state index in [4.69, 9.17) is 21.2 Å². The lowest BCUT2D eigenvalue weighted by atomic mass is 9.93. The van der Waals surface area contributed by atoms with Crippen molar-refractivity contribution in [3.8, 4) is 16.9 Å². The normalized spacial score (nSPS) is 10.3. The van der Waals surface area contributed by atoms with Crippen LogP contribution in [0.25, 0.3) is 11.1 Å². The van der Waals surface area contributed by atoms with Gasteiger partial charge in [0, 0.05) is 30.9 Å². The summed E-state index contributed by atoms with van der Waals surface area (Å²) in [6, 6.07) is 17.6. The summed E-state index contributed by atoms with van der Waals surface area (Å²) in [7, 11) is 0. The minimum Gasteiger partial charge on any atom is -0.408 e. The van der Waals surface area contributed by atoms with Gasteiger partial charge in [-0.3, -0.25) is 4.98 Å². The van der Waals surface area contributed by atoms with Gasteiger partial charge < -0.3 is 21.5 Å². The first-order valence-corrected chi connectivity index (χ1v) is 10.9. The molecule has 0 unspecified atom stereocenters. The monoisotopic (exact) mass is 504 g/mol. The molecule has 0 saturated heterocycles. The molecule has 184 valence electrons. The maximum absolute atomic E-state index is 12.7. The van der Waals surface area contributed by atoms with Crippen molar-refractivity contribution in [3.63, 3.8) is 0 Å². The predicted octanol–water partition coefficient (Wildman–Crippen LogP) is 5.31. The van der Waals surface area contributed by atoms with Crippen LogP contribution < -0.4 is 21.5 Å². The van der Waals surface area contributed by atoms with Crippen molar-refractivity contribution < 1.29 is 9.53 Å². The molecule has 0 aliphatic rings. The first-order chi connectivity index (χ1) is 15.4. The van der Waals surface area contributed by atoms with Gasteiger partial charge in [-0.2, -0.15) is 0 Å². The van der Waals surface area contributed by atoms with Crippen molar-refractivity contribution in [2.24, 2.45) is 17.4 Å². The molecule has 0 atom stereocenters. The molecule has 0 bridgehead atoms. The Balaban J connectivity index is 0.00000289. The fourth-order valence-electron chi connectivity index (χ4n) is 3.69. The molecular weight excluding hydrogens is 471 g/mol. The van der Waals surface area contributed by atoms with Crippen LogP contribution in [0.3, 0.4) is 0 Å². The maximum Gasteiger partial charge on any atom is 0.412 e. The molecule has 5 N–H and O–H groups in total. The summed E-state index contributed by atoms with van der Waals surface area (Å²) < 4.78 is 5.82. The van der Waals surface area contributed by atoms with Crippen molar-refractivity contribution in [3.05, 3.63) is 82.7 Å². The minimum absolute atomic E-state index is 0. The summed E-state index contributed by atoms with van der Waals surface area (Å²) in [6.07, 6.45) is 0.264. The van der Waals surface area contributed by atoms with E-state index in [0.29, 0.717) is 37.0 Å². The molecule has 0 spiro atoms. The van der Waals surface area contributed by atoms with E-state index < -0.39 is 6.09 Å². The summed E-state index contributed by atoms with van der Waals surface area (Å²) >= 11 is 0. The van der Waals surface area contributed by atoms with Gasteiger partial charge in [-0.05, 0) is 41.5 Å². The standard InChI is InChI=1S/C26H32N4O2.2ClH/c1-17(2)13-23-22(15-28)24(21-11-9-19(14-27)10-12-21)25(18(3)30-23)32-26(31)29-16-20-7-5-4-6-8-20;;/h4-12,17H,13-16,27-28H2,1-3H3,(H,29,31);2*1H. The van der Waals surface area contributed by atoms with Crippen LogP contribution in [0.1, 0.15) is 41.9 Å². The van der Waals surface area contributed by atoms with E-state index in [2.05, 4.69) is 19.2 Å². The number of aryl methyl sites for hydroxylation is 1. The number of nitrogens with one attached hydrogen (secondary N) is 1. The Bertz CT molecular complexity index is 1060. The first kappa shape index (κ1) is 29.4. The summed E-state index contributed by atoms with van der Waals surface area (Å²) in [5, 5.41) is 2.82. The number of carbonyl (C=O) groups is 1. The topological polar surface area (TPSA) is 103 Å². The van der Waals surface area contributed by atoms with Crippen molar-refractivity contribution in [1.82, 2.24) is 10.3 Å². The molecule has 3 rings (SSSR count). The van der Waals surface area contributed by atoms with Crippen LogP contribution in [0, 0.1) is 12.8 Å². The zero-order valence-electron chi connectivity index (χ0n) is 19.8. The minimum atomic E-state index is -0.529. The third kappa shape index (κ3) is 7.43. The lowest BCUT2D eigenvalue weighted by molar-refractivity contribution is 0.199. The lowest BCUT2D eigenvalue weighted by Gasteiger charge is -2.20. The van der Waals surface area contributed by atoms with E-state index in [1.165, 1.54) is 0 Å². The number of benzene rings is 2. The van der Waals surface area contributed by atoms with Crippen LogP contribution in [0.5, 0.6) is 5.75 Å². The first-order valence-electron chi connectivity index (χ1n) is 10.9. The number of pyridine rings is 1. The van der Waals surface area contributed by atoms with Crippen LogP contribution in [-0.2, 0) is 26.1 Å². The molecule has 0 radical (unpaired) electrons. The number of nitrogens with two attached hydrogens (primary N) is 2. The number of rotatable bonds is 8. The molecule has 2 aromatic carbocycles. The zero-order chi connectivity index (χ0) is 23.1. The van der Waals surface area contributed by atoms with Crippen molar-refractivity contribution in [1.29, 1.82) is 0 Å². The van der Waals surface area contributed by atoms with Crippen LogP contribution in [0.2, 0.25) is 0 Å². The van der Waals surface area contributed by atoms with Gasteiger partial charge in [0.15, 0.2) is 5.75 Å². The highest BCUT2D eigenvalue weighted by atomic mass is 35.5. The second-order valence-corrected chi connectivity index (χ2v) is 8.26. The lowest BCUT2D eigenvalue weighted by Crippen LogP contribution is -2.27. The quantitative estimate of drug-likeness (QED) is 0.385. The molecular formula is C26H34Cl2N4O2. The Morgan fingerprint density at radius 1 is 0.971 bits per heavy atom. The molecule has 6 nitrogen and oxygen atoms in total. The van der Waals surface area contributed by atoms with Gasteiger partial charge >= 0.3 is 6.09 Å². The number of halogens is 2. The maximum atomic E-state index is 12.7. The van der Waals surface area contributed by atoms with Crippen molar-refractivity contribution in [2.45, 2.75) is 46.8 Å². The third-order valence-corrected chi connectivity index (χ3v) is 5.27. The van der Waals surface area contributed by atoms with Crippen molar-refractivity contribution >= 4 is 30.9 Å². The Morgan fingerprint density at radius 2 is 1.62 bits per heavy atom. The second-order valence-electron chi connectivity index (χ2n) is 8.26. The highest BCUT2D eigenvalue weighted by Crippen LogP contribution is 2.38. The van der Waals surface area contributed by atoms with E-state index in [-0.39, 0.29) is 24.8 Å². The summed E-state index contributed by atoms with van der Waals surface area (Å²) in [5.74, 6) is 0.852. The SMILES string of the molecule is Cc1nc(CC(C)C)c(CN)c(-c2ccc(CN)cc2)c1OC(=O)NCc1ccccc1.Cl.Cl. The molecule has 1 heterocycles. The summed E-state index contributed by atoms with van der Waals surface area (Å²) in [4.78, 5) is 17.4. The van der Waals surface area contributed by atoms with Crippen molar-refractivity contribution in [2.75, 3.05) is 0 Å². The Kier molecular flexibility index (Phi) is 12.0. The van der Waals surface area contributed by atoms with E-state index >= 15 is 0 Å². The highest BCUT2D eigenvalue weighted by molar-refractivity contribution is 5.85. The molecule has 1 aromatic heterocycles. The van der Waals surface area contributed by atoms with Gasteiger partial charge in [0.1, 0.15) is 0 Å². The number of ether oxygens (including phenoxy) is 1. The van der Waals surface area contributed by atoms with E-state index in [0.717, 1.165) is 39.9 Å². The van der Waals surface area contributed by atoms with E-state index in [1.807, 2.05) is 61.5 Å². The fourth-order valence-corrected chi connectivity index (χ4v) is 3.69. The van der Waals surface area contributed by atoms with Crippen LogP contribution in [-0.4, -0.2) is 11.1 Å². The summed E-state index contributed by atoms with van der Waals surface area (Å²) in [6.45, 7) is 7.29. The van der Waals surface area contributed by atoms with Crippen LogP contribution >= 0.6 is 24.8 Å². The van der Waals surface area contributed by atoms with Gasteiger partial charge in [-0.25, -0.2) is 4.79 Å². The van der Waals surface area contributed by atoms with Gasteiger partial charge in [-0.15, -0.1) is 24.8 Å². The average molecular weight is 505 g/mol. The zero-order valence-corrected chi connectivity index (χ0v) is 21.5. The van der Waals surface area contributed by atoms with Crippen LogP contribution in [0.15, 0.2) is 54.6 Å². The number of amides is 1. The Hall–Kier alpha value is -2.64. The fraction of sp³-hybridized carbons (Fsp3) is 0.308. The molecule has 0 aliphatic heterocycles. The van der Waals surface area contributed by atoms with Gasteiger partial charge in [0.2, 0.25) is 0 Å². The number of carbonyl (C=O) groups excluding carboxylic acids is 1.